The lowest BCUT2D eigenvalue weighted by Gasteiger charge is -2.09. The van der Waals surface area contributed by atoms with E-state index in [0.717, 1.165) is 11.1 Å². The number of guanidine groups is 1. The van der Waals surface area contributed by atoms with Gasteiger partial charge in [-0.2, -0.15) is 0 Å². The molecule has 0 atom stereocenters. The second kappa shape index (κ2) is 8.39. The Morgan fingerprint density at radius 3 is 1.66 bits per heavy atom. The Labute approximate surface area is 168 Å². The molecule has 3 rings (SSSR count). The van der Waals surface area contributed by atoms with Gasteiger partial charge in [-0.15, -0.1) is 0 Å². The van der Waals surface area contributed by atoms with Gasteiger partial charge < -0.3 is 31.1 Å². The van der Waals surface area contributed by atoms with E-state index in [2.05, 4.69) is 9.98 Å². The maximum Gasteiger partial charge on any atom is 0.191 e. The summed E-state index contributed by atoms with van der Waals surface area (Å²) in [6, 6.07) is 14.6. The van der Waals surface area contributed by atoms with Crippen molar-refractivity contribution in [1.82, 2.24) is 0 Å². The topological polar surface area (TPSA) is 134 Å². The zero-order valence-corrected chi connectivity index (χ0v) is 16.5. The highest BCUT2D eigenvalue weighted by atomic mass is 16.5. The van der Waals surface area contributed by atoms with Gasteiger partial charge in [0.15, 0.2) is 5.96 Å². The third-order valence-electron chi connectivity index (χ3n) is 4.07. The summed E-state index contributed by atoms with van der Waals surface area (Å²) < 4.78 is 17.1. The largest absolute Gasteiger partial charge is 0.496 e. The zero-order valence-electron chi connectivity index (χ0n) is 16.5. The Morgan fingerprint density at radius 2 is 1.24 bits per heavy atom. The minimum absolute atomic E-state index is 0.0233. The van der Waals surface area contributed by atoms with Crippen molar-refractivity contribution in [2.45, 2.75) is 6.92 Å². The Bertz CT molecular complexity index is 994. The van der Waals surface area contributed by atoms with Gasteiger partial charge in [-0.1, -0.05) is 0 Å². The average Bonchev–Trinajstić information content (AvgIpc) is 3.16. The van der Waals surface area contributed by atoms with E-state index >= 15 is 0 Å². The average molecular weight is 393 g/mol. The summed E-state index contributed by atoms with van der Waals surface area (Å²) in [7, 11) is 3.17. The zero-order chi connectivity index (χ0) is 21.0. The number of hydrogen-bond donors (Lipinski definition) is 3. The molecule has 1 heterocycles. The quantitative estimate of drug-likeness (QED) is 0.433. The van der Waals surface area contributed by atoms with Gasteiger partial charge in [0.05, 0.1) is 42.6 Å². The molecule has 6 N–H and O–H groups in total. The molecule has 0 saturated heterocycles. The van der Waals surface area contributed by atoms with Crippen LogP contribution in [0, 0.1) is 0 Å². The molecule has 0 radical (unpaired) electrons. The van der Waals surface area contributed by atoms with Crippen molar-refractivity contribution in [3.8, 4) is 34.1 Å². The van der Waals surface area contributed by atoms with Gasteiger partial charge in [0.25, 0.3) is 0 Å². The van der Waals surface area contributed by atoms with Crippen molar-refractivity contribution in [3.63, 3.8) is 0 Å². The molecule has 3 aromatic rings. The van der Waals surface area contributed by atoms with Crippen molar-refractivity contribution in [2.75, 3.05) is 14.2 Å². The molecule has 8 nitrogen and oxygen atoms in total. The summed E-state index contributed by atoms with van der Waals surface area (Å²) in [5, 5.41) is 0. The lowest BCUT2D eigenvalue weighted by Crippen LogP contribution is -2.21. The first-order valence-electron chi connectivity index (χ1n) is 8.78. The Morgan fingerprint density at radius 1 is 0.759 bits per heavy atom. The van der Waals surface area contributed by atoms with E-state index in [1.54, 1.807) is 39.3 Å². The van der Waals surface area contributed by atoms with E-state index in [1.165, 1.54) is 0 Å². The molecule has 2 aromatic carbocycles. The van der Waals surface area contributed by atoms with E-state index < -0.39 is 0 Å². The Kier molecular flexibility index (Phi) is 5.73. The summed E-state index contributed by atoms with van der Waals surface area (Å²) in [6.45, 7) is 1.73. The molecule has 0 saturated carbocycles. The summed E-state index contributed by atoms with van der Waals surface area (Å²) in [5.41, 5.74) is 19.4. The van der Waals surface area contributed by atoms with Crippen LogP contribution in [0.4, 0.5) is 11.4 Å². The van der Waals surface area contributed by atoms with Gasteiger partial charge in [-0.05, 0) is 43.3 Å². The molecule has 0 aliphatic rings. The van der Waals surface area contributed by atoms with E-state index in [4.69, 9.17) is 31.1 Å². The molecule has 1 aromatic heterocycles. The first kappa shape index (κ1) is 19.8. The van der Waals surface area contributed by atoms with Crippen molar-refractivity contribution in [1.29, 1.82) is 0 Å². The summed E-state index contributed by atoms with van der Waals surface area (Å²) in [5.74, 6) is 2.94. The Balaban J connectivity index is 1.99. The number of methoxy groups -OCH3 is 2. The molecule has 8 heteroatoms. The lowest BCUT2D eigenvalue weighted by atomic mass is 10.1. The van der Waals surface area contributed by atoms with E-state index in [0.29, 0.717) is 40.2 Å². The molecule has 0 aliphatic heterocycles. The second-order valence-corrected chi connectivity index (χ2v) is 6.22. The maximum atomic E-state index is 6.08. The van der Waals surface area contributed by atoms with Crippen LogP contribution in [0.25, 0.3) is 22.6 Å². The SMILES string of the molecule is COc1cc(N=C(C)N)ccc1-c1ccc(-c2ccc(N=C(N)N)cc2OC)o1. The molecular weight excluding hydrogens is 370 g/mol. The minimum atomic E-state index is -0.0233. The van der Waals surface area contributed by atoms with Crippen LogP contribution >= 0.6 is 0 Å². The minimum Gasteiger partial charge on any atom is -0.496 e. The Hall–Kier alpha value is -3.94. The molecule has 0 fully saturated rings. The van der Waals surface area contributed by atoms with Crippen molar-refractivity contribution in [2.24, 2.45) is 27.2 Å². The van der Waals surface area contributed by atoms with Crippen molar-refractivity contribution < 1.29 is 13.9 Å². The fourth-order valence-corrected chi connectivity index (χ4v) is 2.89. The van der Waals surface area contributed by atoms with Crippen LogP contribution in [0.2, 0.25) is 0 Å². The predicted molar refractivity (Wildman–Crippen MR) is 115 cm³/mol. The molecule has 0 spiro atoms. The fraction of sp³-hybridized carbons (Fsp3) is 0.143. The normalized spacial score (nSPS) is 11.2. The van der Waals surface area contributed by atoms with Crippen LogP contribution in [0.15, 0.2) is 62.9 Å². The van der Waals surface area contributed by atoms with Crippen molar-refractivity contribution >= 4 is 23.2 Å². The van der Waals surface area contributed by atoms with Crippen LogP contribution in [-0.2, 0) is 0 Å². The number of hydrogen-bond acceptors (Lipinski definition) is 5. The van der Waals surface area contributed by atoms with Gasteiger partial charge in [0.2, 0.25) is 0 Å². The number of amidine groups is 1. The monoisotopic (exact) mass is 393 g/mol. The highest BCUT2D eigenvalue weighted by molar-refractivity contribution is 5.82. The van der Waals surface area contributed by atoms with E-state index in [1.807, 2.05) is 30.3 Å². The molecule has 0 unspecified atom stereocenters. The number of furan rings is 1. The van der Waals surface area contributed by atoms with Crippen LogP contribution in [0.1, 0.15) is 6.92 Å². The number of benzene rings is 2. The van der Waals surface area contributed by atoms with Gasteiger partial charge in [-0.25, -0.2) is 9.98 Å². The van der Waals surface area contributed by atoms with Crippen LogP contribution < -0.4 is 26.7 Å². The molecule has 29 heavy (non-hydrogen) atoms. The van der Waals surface area contributed by atoms with Gasteiger partial charge >= 0.3 is 0 Å². The lowest BCUT2D eigenvalue weighted by molar-refractivity contribution is 0.413. The summed E-state index contributed by atoms with van der Waals surface area (Å²) >= 11 is 0. The van der Waals surface area contributed by atoms with Crippen LogP contribution in [0.5, 0.6) is 11.5 Å². The number of nitrogens with two attached hydrogens (primary N) is 3. The third kappa shape index (κ3) is 4.49. The van der Waals surface area contributed by atoms with Crippen molar-refractivity contribution in [3.05, 3.63) is 48.5 Å². The standard InChI is InChI=1S/C21H23N5O3/c1-12(22)25-13-4-6-15(19(10-13)27-2)17-8-9-18(29-17)16-7-5-14(26-21(23)24)11-20(16)28-3/h4-11H,1-3H3,(H2,22,25)(H4,23,24,26). The number of ether oxygens (including phenoxy) is 2. The number of nitrogens with zero attached hydrogens (tertiary/aromatic N) is 2. The molecule has 150 valence electrons. The van der Waals surface area contributed by atoms with Gasteiger partial charge in [-0.3, -0.25) is 0 Å². The second-order valence-electron chi connectivity index (χ2n) is 6.22. The molecule has 0 aliphatic carbocycles. The highest BCUT2D eigenvalue weighted by Crippen LogP contribution is 2.39. The summed E-state index contributed by atoms with van der Waals surface area (Å²) in [4.78, 5) is 8.28. The first-order chi connectivity index (χ1) is 13.9. The van der Waals surface area contributed by atoms with Crippen LogP contribution in [0.3, 0.4) is 0 Å². The van der Waals surface area contributed by atoms with Crippen LogP contribution in [-0.4, -0.2) is 26.0 Å². The highest BCUT2D eigenvalue weighted by Gasteiger charge is 2.15. The number of aliphatic imine (C=N–C) groups is 2. The summed E-state index contributed by atoms with van der Waals surface area (Å²) in [6.07, 6.45) is 0. The number of rotatable bonds is 6. The van der Waals surface area contributed by atoms with E-state index in [9.17, 15) is 0 Å². The molecule has 0 bridgehead atoms. The fourth-order valence-electron chi connectivity index (χ4n) is 2.89. The first-order valence-corrected chi connectivity index (χ1v) is 8.78. The third-order valence-corrected chi connectivity index (χ3v) is 4.07. The van der Waals surface area contributed by atoms with Gasteiger partial charge in [0, 0.05) is 12.1 Å². The smallest absolute Gasteiger partial charge is 0.191 e. The van der Waals surface area contributed by atoms with E-state index in [-0.39, 0.29) is 5.96 Å². The van der Waals surface area contributed by atoms with Gasteiger partial charge in [0.1, 0.15) is 23.0 Å². The maximum absolute atomic E-state index is 6.08. The predicted octanol–water partition coefficient (Wildman–Crippen LogP) is 3.54. The molecule has 0 amide bonds. The molecular formula is C21H23N5O3.